The van der Waals surface area contributed by atoms with Gasteiger partial charge in [0.05, 0.1) is 19.4 Å². The Bertz CT molecular complexity index is 1250. The second-order valence-electron chi connectivity index (χ2n) is 7.05. The normalized spacial score (nSPS) is 12.4. The third-order valence-electron chi connectivity index (χ3n) is 5.04. The lowest BCUT2D eigenvalue weighted by molar-refractivity contribution is -0.117. The Morgan fingerprint density at radius 2 is 1.81 bits per heavy atom. The highest BCUT2D eigenvalue weighted by atomic mass is 16.5. The molecule has 0 spiro atoms. The van der Waals surface area contributed by atoms with E-state index in [-0.39, 0.29) is 0 Å². The lowest BCUT2D eigenvalue weighted by Gasteiger charge is -2.18. The van der Waals surface area contributed by atoms with Crippen molar-refractivity contribution in [3.63, 3.8) is 0 Å². The molecule has 0 saturated carbocycles. The topological polar surface area (TPSA) is 108 Å². The van der Waals surface area contributed by atoms with E-state index >= 15 is 0 Å². The quantitative estimate of drug-likeness (QED) is 0.560. The summed E-state index contributed by atoms with van der Waals surface area (Å²) in [6.45, 7) is 2.87. The van der Waals surface area contributed by atoms with E-state index < -0.39 is 23.6 Å². The van der Waals surface area contributed by atoms with E-state index in [1.807, 2.05) is 36.1 Å². The summed E-state index contributed by atoms with van der Waals surface area (Å²) in [5.41, 5.74) is -0.303. The molecule has 4 rings (SSSR count). The molecule has 2 aromatic carbocycles. The summed E-state index contributed by atoms with van der Waals surface area (Å²) in [6.07, 6.45) is 0. The maximum absolute atomic E-state index is 12.6. The number of nitrogens with one attached hydrogen (secondary N) is 1. The van der Waals surface area contributed by atoms with Gasteiger partial charge < -0.3 is 19.7 Å². The zero-order chi connectivity index (χ0) is 22.7. The number of carbonyl (C=O) groups is 1. The average molecular weight is 437 g/mol. The van der Waals surface area contributed by atoms with Gasteiger partial charge in [0.1, 0.15) is 18.0 Å². The van der Waals surface area contributed by atoms with Gasteiger partial charge in [-0.1, -0.05) is 12.1 Å². The molecule has 3 aromatic rings. The highest BCUT2D eigenvalue weighted by Gasteiger charge is 2.26. The van der Waals surface area contributed by atoms with Crippen LogP contribution in [0.25, 0.3) is 0 Å². The van der Waals surface area contributed by atoms with Crippen LogP contribution in [0.1, 0.15) is 6.92 Å². The summed E-state index contributed by atoms with van der Waals surface area (Å²) in [5, 5.41) is 7.01. The van der Waals surface area contributed by atoms with Crippen molar-refractivity contribution in [2.45, 2.75) is 20.0 Å². The first-order valence-electron chi connectivity index (χ1n) is 10.2. The molecule has 1 N–H and O–H groups in total. The third-order valence-corrected chi connectivity index (χ3v) is 5.04. The number of hydrogen-bond acceptors (Lipinski definition) is 7. The van der Waals surface area contributed by atoms with E-state index in [9.17, 15) is 14.4 Å². The van der Waals surface area contributed by atoms with Crippen molar-refractivity contribution in [1.29, 1.82) is 0 Å². The van der Waals surface area contributed by atoms with Crippen LogP contribution in [0.5, 0.6) is 11.5 Å². The van der Waals surface area contributed by atoms with Gasteiger partial charge in [0.25, 0.3) is 0 Å². The van der Waals surface area contributed by atoms with Crippen molar-refractivity contribution in [3.8, 4) is 11.5 Å². The molecule has 10 heteroatoms. The first kappa shape index (κ1) is 21.2. The Balaban J connectivity index is 1.60. The van der Waals surface area contributed by atoms with Gasteiger partial charge in [0.2, 0.25) is 11.9 Å². The smallest absolute Gasteiger partial charge is 0.333 e. The molecule has 1 amide bonds. The van der Waals surface area contributed by atoms with E-state index in [0.717, 1.165) is 16.1 Å². The van der Waals surface area contributed by atoms with Crippen LogP contribution in [0.3, 0.4) is 0 Å². The lowest BCUT2D eigenvalue weighted by atomic mass is 10.3. The van der Waals surface area contributed by atoms with E-state index in [4.69, 9.17) is 9.47 Å². The van der Waals surface area contributed by atoms with Crippen LogP contribution in [0, 0.1) is 0 Å². The molecule has 0 fully saturated rings. The monoisotopic (exact) mass is 437 g/mol. The van der Waals surface area contributed by atoms with Crippen LogP contribution in [0.15, 0.2) is 58.1 Å². The van der Waals surface area contributed by atoms with Gasteiger partial charge in [-0.2, -0.15) is 0 Å². The molecule has 2 heterocycles. The number of methoxy groups -OCH3 is 1. The molecule has 0 bridgehead atoms. The number of para-hydroxylation sites is 2. The minimum Gasteiger partial charge on any atom is -0.495 e. The van der Waals surface area contributed by atoms with Gasteiger partial charge in [-0.25, -0.2) is 4.68 Å². The third kappa shape index (κ3) is 4.07. The van der Waals surface area contributed by atoms with Crippen LogP contribution in [0.4, 0.5) is 17.3 Å². The molecule has 32 heavy (non-hydrogen) atoms. The first-order valence-corrected chi connectivity index (χ1v) is 10.2. The number of benzene rings is 2. The van der Waals surface area contributed by atoms with Gasteiger partial charge in [-0.15, -0.1) is 5.10 Å². The molecule has 0 atom stereocenters. The molecule has 0 saturated heterocycles. The molecular weight excluding hydrogens is 414 g/mol. The Kier molecular flexibility index (Phi) is 5.93. The van der Waals surface area contributed by atoms with E-state index in [1.165, 1.54) is 11.7 Å². The minimum absolute atomic E-state index is 0.309. The second kappa shape index (κ2) is 8.96. The molecule has 0 aliphatic carbocycles. The summed E-state index contributed by atoms with van der Waals surface area (Å²) >= 11 is 0. The summed E-state index contributed by atoms with van der Waals surface area (Å²) in [4.78, 5) is 39.5. The lowest BCUT2D eigenvalue weighted by Crippen LogP contribution is -2.44. The highest BCUT2D eigenvalue weighted by molar-refractivity contribution is 5.92. The van der Waals surface area contributed by atoms with Crippen LogP contribution in [-0.4, -0.2) is 40.5 Å². The van der Waals surface area contributed by atoms with Crippen molar-refractivity contribution in [3.05, 3.63) is 69.2 Å². The van der Waals surface area contributed by atoms with Crippen molar-refractivity contribution in [2.24, 2.45) is 0 Å². The Morgan fingerprint density at radius 3 is 2.53 bits per heavy atom. The van der Waals surface area contributed by atoms with Crippen molar-refractivity contribution < 1.29 is 14.3 Å². The van der Waals surface area contributed by atoms with Gasteiger partial charge in [0, 0.05) is 18.8 Å². The number of aromatic nitrogens is 3. The molecule has 1 aliphatic heterocycles. The number of nitrogens with zero attached hydrogens (tertiary/aromatic N) is 4. The number of hydrogen-bond donors (Lipinski definition) is 1. The van der Waals surface area contributed by atoms with Gasteiger partial charge in [-0.3, -0.25) is 19.0 Å². The fourth-order valence-electron chi connectivity index (χ4n) is 3.54. The second-order valence-corrected chi connectivity index (χ2v) is 7.05. The molecule has 1 aromatic heterocycles. The number of anilines is 3. The Hall–Kier alpha value is -4.08. The van der Waals surface area contributed by atoms with E-state index in [1.54, 1.807) is 24.3 Å². The molecule has 1 aliphatic rings. The van der Waals surface area contributed by atoms with Crippen LogP contribution < -0.4 is 30.8 Å². The van der Waals surface area contributed by atoms with Crippen molar-refractivity contribution >= 4 is 23.2 Å². The minimum atomic E-state index is -0.850. The molecule has 166 valence electrons. The molecule has 0 unspecified atom stereocenters. The summed E-state index contributed by atoms with van der Waals surface area (Å²) in [5.74, 6) is 1.03. The predicted octanol–water partition coefficient (Wildman–Crippen LogP) is 1.60. The molecule has 10 nitrogen and oxygen atoms in total. The SMILES string of the molecule is CCOc1ccc(N2CCn3c2nn(CC(=O)Nc2ccccc2OC)c(=O)c3=O)cc1. The van der Waals surface area contributed by atoms with Crippen LogP contribution >= 0.6 is 0 Å². The summed E-state index contributed by atoms with van der Waals surface area (Å²) in [6, 6.07) is 14.3. The number of rotatable bonds is 7. The standard InChI is InChI=1S/C22H23N5O5/c1-3-32-16-10-8-15(9-11-16)25-12-13-26-20(29)21(30)27(24-22(25)26)14-19(28)23-17-6-4-5-7-18(17)31-2/h4-11H,3,12-14H2,1-2H3,(H,23,28). The molecule has 0 radical (unpaired) electrons. The van der Waals surface area contributed by atoms with Gasteiger partial charge in [0.15, 0.2) is 0 Å². The number of fused-ring (bicyclic) bond motifs is 1. The van der Waals surface area contributed by atoms with Crippen LogP contribution in [-0.2, 0) is 17.9 Å². The predicted molar refractivity (Wildman–Crippen MR) is 119 cm³/mol. The number of ether oxygens (including phenoxy) is 2. The Labute approximate surface area is 183 Å². The Morgan fingerprint density at radius 1 is 1.06 bits per heavy atom. The number of carbonyl (C=O) groups excluding carboxylic acids is 1. The molecular formula is C22H23N5O5. The summed E-state index contributed by atoms with van der Waals surface area (Å²) < 4.78 is 12.9. The fourth-order valence-corrected chi connectivity index (χ4v) is 3.54. The highest BCUT2D eigenvalue weighted by Crippen LogP contribution is 2.28. The fraction of sp³-hybridized carbons (Fsp3) is 0.273. The largest absolute Gasteiger partial charge is 0.495 e. The first-order chi connectivity index (χ1) is 15.5. The summed E-state index contributed by atoms with van der Waals surface area (Å²) in [7, 11) is 1.49. The maximum atomic E-state index is 12.6. The van der Waals surface area contributed by atoms with E-state index in [2.05, 4.69) is 10.4 Å². The zero-order valence-corrected chi connectivity index (χ0v) is 17.8. The van der Waals surface area contributed by atoms with Gasteiger partial charge >= 0.3 is 11.1 Å². The van der Waals surface area contributed by atoms with Crippen LogP contribution in [0.2, 0.25) is 0 Å². The van der Waals surface area contributed by atoms with E-state index in [0.29, 0.717) is 37.1 Å². The van der Waals surface area contributed by atoms with Gasteiger partial charge in [-0.05, 0) is 43.3 Å². The zero-order valence-electron chi connectivity index (χ0n) is 17.8. The average Bonchev–Trinajstić information content (AvgIpc) is 3.22. The maximum Gasteiger partial charge on any atom is 0.333 e. The number of amides is 1. The van der Waals surface area contributed by atoms with Crippen molar-refractivity contribution in [1.82, 2.24) is 14.3 Å². The van der Waals surface area contributed by atoms with Crippen molar-refractivity contribution in [2.75, 3.05) is 30.5 Å².